The highest BCUT2D eigenvalue weighted by atomic mass is 32.2. The number of aliphatic hydroxyl groups is 1. The van der Waals surface area contributed by atoms with Crippen LogP contribution < -0.4 is 4.90 Å². The van der Waals surface area contributed by atoms with E-state index in [-0.39, 0.29) is 36.2 Å². The number of thioether (sulfide) groups is 1. The van der Waals surface area contributed by atoms with Crippen molar-refractivity contribution in [3.63, 3.8) is 0 Å². The van der Waals surface area contributed by atoms with E-state index in [0.717, 1.165) is 29.3 Å². The van der Waals surface area contributed by atoms with Gasteiger partial charge in [-0.05, 0) is 35.7 Å². The Kier molecular flexibility index (Phi) is 5.88. The summed E-state index contributed by atoms with van der Waals surface area (Å²) in [5, 5.41) is 11.7. The van der Waals surface area contributed by atoms with Crippen molar-refractivity contribution >= 4 is 46.0 Å². The van der Waals surface area contributed by atoms with Crippen LogP contribution >= 0.6 is 11.8 Å². The average Bonchev–Trinajstić information content (AvgIpc) is 3.29. The molecule has 7 nitrogen and oxygen atoms in total. The first-order valence-corrected chi connectivity index (χ1v) is 13.3. The fourth-order valence-electron chi connectivity index (χ4n) is 6.18. The van der Waals surface area contributed by atoms with Crippen LogP contribution in [0.5, 0.6) is 0 Å². The Bertz CT molecular complexity index is 1290. The lowest BCUT2D eigenvalue weighted by atomic mass is 9.78. The number of likely N-dealkylation sites (tertiary alicyclic amines) is 1. The zero-order chi connectivity index (χ0) is 24.9. The summed E-state index contributed by atoms with van der Waals surface area (Å²) in [5.41, 5.74) is 0.755. The Balaban J connectivity index is 1.44. The summed E-state index contributed by atoms with van der Waals surface area (Å²) in [5.74, 6) is -2.24. The van der Waals surface area contributed by atoms with E-state index in [1.165, 1.54) is 16.7 Å². The molecule has 0 aliphatic carbocycles. The molecule has 1 N–H and O–H groups in total. The molecule has 2 aromatic carbocycles. The Morgan fingerprint density at radius 3 is 2.72 bits per heavy atom. The van der Waals surface area contributed by atoms with Gasteiger partial charge in [-0.2, -0.15) is 0 Å². The molecule has 4 aliphatic heterocycles. The smallest absolute Gasteiger partial charge is 0.311 e. The summed E-state index contributed by atoms with van der Waals surface area (Å²) in [7, 11) is 0. The van der Waals surface area contributed by atoms with Gasteiger partial charge in [0.1, 0.15) is 6.04 Å². The fourth-order valence-corrected chi connectivity index (χ4v) is 8.18. The molecular formula is C28H28N2O5S. The number of fused-ring (bicyclic) bond motifs is 3. The summed E-state index contributed by atoms with van der Waals surface area (Å²) in [6.45, 7) is 0.454. The van der Waals surface area contributed by atoms with Gasteiger partial charge in [0.2, 0.25) is 5.91 Å². The van der Waals surface area contributed by atoms with Gasteiger partial charge in [-0.15, -0.1) is 11.8 Å². The van der Waals surface area contributed by atoms with Crippen LogP contribution in [0.1, 0.15) is 12.8 Å². The van der Waals surface area contributed by atoms with E-state index < -0.39 is 22.6 Å². The number of cyclic esters (lactones) is 1. The summed E-state index contributed by atoms with van der Waals surface area (Å²) in [6, 6.07) is 13.1. The van der Waals surface area contributed by atoms with Gasteiger partial charge in [-0.3, -0.25) is 14.4 Å². The lowest BCUT2D eigenvalue weighted by Crippen LogP contribution is -2.53. The number of β-amino-alcohol motifs (C(OH)–C–C–N with tert-alkyl or cyclic N) is 1. The van der Waals surface area contributed by atoms with E-state index in [4.69, 9.17) is 4.74 Å². The number of rotatable bonds is 3. The minimum absolute atomic E-state index is 0.0374. The van der Waals surface area contributed by atoms with Crippen molar-refractivity contribution in [1.82, 2.24) is 4.90 Å². The molecule has 0 aromatic heterocycles. The summed E-state index contributed by atoms with van der Waals surface area (Å²) < 4.78 is 4.65. The summed E-state index contributed by atoms with van der Waals surface area (Å²) in [4.78, 5) is 44.5. The van der Waals surface area contributed by atoms with Gasteiger partial charge in [-0.1, -0.05) is 54.6 Å². The molecule has 8 heteroatoms. The largest absolute Gasteiger partial charge is 0.465 e. The number of benzene rings is 2. The molecule has 2 aromatic rings. The lowest BCUT2D eigenvalue weighted by molar-refractivity contribution is -0.153. The molecule has 0 bridgehead atoms. The van der Waals surface area contributed by atoms with Gasteiger partial charge in [-0.25, -0.2) is 0 Å². The van der Waals surface area contributed by atoms with Crippen molar-refractivity contribution in [2.45, 2.75) is 28.9 Å². The van der Waals surface area contributed by atoms with Crippen molar-refractivity contribution in [2.75, 3.05) is 31.2 Å². The predicted octanol–water partition coefficient (Wildman–Crippen LogP) is 2.93. The summed E-state index contributed by atoms with van der Waals surface area (Å²) >= 11 is 1.52. The third-order valence-electron chi connectivity index (χ3n) is 7.74. The number of ether oxygens (including phenoxy) is 1. The number of carbonyl (C=O) groups excluding carboxylic acids is 3. The Morgan fingerprint density at radius 1 is 1.06 bits per heavy atom. The molecule has 1 spiro atoms. The van der Waals surface area contributed by atoms with Crippen molar-refractivity contribution in [2.24, 2.45) is 11.8 Å². The first kappa shape index (κ1) is 23.3. The number of aliphatic hydroxyl groups excluding tert-OH is 1. The maximum atomic E-state index is 14.3. The highest BCUT2D eigenvalue weighted by Gasteiger charge is 2.70. The molecule has 0 radical (unpaired) electrons. The highest BCUT2D eigenvalue weighted by molar-refractivity contribution is 8.02. The van der Waals surface area contributed by atoms with E-state index in [1.54, 1.807) is 4.90 Å². The Hall–Kier alpha value is -3.10. The minimum Gasteiger partial charge on any atom is -0.465 e. The third kappa shape index (κ3) is 3.50. The maximum Gasteiger partial charge on any atom is 0.311 e. The molecular weight excluding hydrogens is 476 g/mol. The normalized spacial score (nSPS) is 32.8. The number of allylic oxidation sites excluding steroid dienone is 1. The maximum absolute atomic E-state index is 14.3. The van der Waals surface area contributed by atoms with Gasteiger partial charge in [0.25, 0.3) is 5.91 Å². The van der Waals surface area contributed by atoms with E-state index in [9.17, 15) is 19.5 Å². The fraction of sp³-hybridized carbons (Fsp3) is 0.393. The van der Waals surface area contributed by atoms with Crippen LogP contribution in [0, 0.1) is 11.8 Å². The van der Waals surface area contributed by atoms with Crippen LogP contribution in [0.15, 0.2) is 66.8 Å². The van der Waals surface area contributed by atoms with Gasteiger partial charge >= 0.3 is 5.97 Å². The Labute approximate surface area is 213 Å². The number of carbonyl (C=O) groups is 3. The molecule has 5 atom stereocenters. The molecule has 4 aliphatic rings. The van der Waals surface area contributed by atoms with E-state index >= 15 is 0 Å². The number of esters is 1. The number of hydrogen-bond donors (Lipinski definition) is 1. The second-order valence-corrected chi connectivity index (χ2v) is 11.2. The van der Waals surface area contributed by atoms with Crippen LogP contribution in [0.2, 0.25) is 0 Å². The standard InChI is InChI=1S/C28H28N2O5S/c31-15-14-30-24-26(33)29(20-11-10-18-7-3-4-8-19(18)17-20)13-6-12-28(24)23(25(30)32)22-21(36-28)9-2-1-5-16-35-27(22)34/h2-4,6-12,17,21-24,31H,1,5,13-16H2/b9-2-/t21-,22+,23+,24?,28+/m1/s1. The van der Waals surface area contributed by atoms with Gasteiger partial charge in [0.15, 0.2) is 0 Å². The zero-order valence-electron chi connectivity index (χ0n) is 19.8. The van der Waals surface area contributed by atoms with E-state index in [1.807, 2.05) is 60.7 Å². The number of nitrogens with zero attached hydrogens (tertiary/aromatic N) is 2. The number of hydrogen-bond acceptors (Lipinski definition) is 6. The third-order valence-corrected chi connectivity index (χ3v) is 9.48. The van der Waals surface area contributed by atoms with Crippen molar-refractivity contribution < 1.29 is 24.2 Å². The molecule has 2 fully saturated rings. The first-order chi connectivity index (χ1) is 17.5. The molecule has 186 valence electrons. The van der Waals surface area contributed by atoms with Crippen LogP contribution in [-0.2, 0) is 19.1 Å². The lowest BCUT2D eigenvalue weighted by Gasteiger charge is -2.35. The van der Waals surface area contributed by atoms with Crippen molar-refractivity contribution in [3.8, 4) is 0 Å². The van der Waals surface area contributed by atoms with E-state index in [2.05, 4.69) is 6.08 Å². The molecule has 0 saturated carbocycles. The first-order valence-electron chi connectivity index (χ1n) is 12.5. The Morgan fingerprint density at radius 2 is 1.89 bits per heavy atom. The molecule has 2 amide bonds. The van der Waals surface area contributed by atoms with Crippen LogP contribution in [0.25, 0.3) is 10.8 Å². The quantitative estimate of drug-likeness (QED) is 0.511. The van der Waals surface area contributed by atoms with Crippen LogP contribution in [0.3, 0.4) is 0 Å². The number of anilines is 1. The van der Waals surface area contributed by atoms with Gasteiger partial charge in [0, 0.05) is 24.0 Å². The SMILES string of the molecule is O=C1OCCC/C=C\[C@H]2S[C@]34C=CCN(c5ccc6ccccc6c5)C(=O)C3N(CCO)C(=O)[C@@H]4[C@@H]12. The monoisotopic (exact) mass is 504 g/mol. The van der Waals surface area contributed by atoms with Crippen LogP contribution in [-0.4, -0.2) is 70.1 Å². The van der Waals surface area contributed by atoms with Crippen molar-refractivity contribution in [3.05, 3.63) is 66.8 Å². The molecule has 1 unspecified atom stereocenters. The minimum atomic E-state index is -0.910. The number of amides is 2. The highest BCUT2D eigenvalue weighted by Crippen LogP contribution is 2.60. The van der Waals surface area contributed by atoms with Crippen molar-refractivity contribution in [1.29, 1.82) is 0 Å². The molecule has 6 rings (SSSR count). The molecule has 36 heavy (non-hydrogen) atoms. The van der Waals surface area contributed by atoms with Crippen LogP contribution in [0.4, 0.5) is 5.69 Å². The van der Waals surface area contributed by atoms with Gasteiger partial charge in [0.05, 0.1) is 29.8 Å². The molecule has 2 saturated heterocycles. The second-order valence-electron chi connectivity index (χ2n) is 9.72. The second kappa shape index (κ2) is 9.09. The average molecular weight is 505 g/mol. The zero-order valence-corrected chi connectivity index (χ0v) is 20.6. The molecule has 4 heterocycles. The summed E-state index contributed by atoms with van der Waals surface area (Å²) in [6.07, 6.45) is 9.53. The predicted molar refractivity (Wildman–Crippen MR) is 138 cm³/mol. The topological polar surface area (TPSA) is 87.2 Å². The van der Waals surface area contributed by atoms with E-state index in [0.29, 0.717) is 13.2 Å². The van der Waals surface area contributed by atoms with Gasteiger partial charge < -0.3 is 19.6 Å².